The van der Waals surface area contributed by atoms with Gasteiger partial charge in [-0.25, -0.2) is 0 Å². The van der Waals surface area contributed by atoms with Crippen LogP contribution in [0.4, 0.5) is 0 Å². The highest BCUT2D eigenvalue weighted by Gasteiger charge is 2.26. The van der Waals surface area contributed by atoms with Gasteiger partial charge in [0, 0.05) is 37.8 Å². The number of carbonyl (C=O) groups is 2. The van der Waals surface area contributed by atoms with E-state index in [2.05, 4.69) is 26.0 Å². The Labute approximate surface area is 189 Å². The molecule has 32 heavy (non-hydrogen) atoms. The van der Waals surface area contributed by atoms with Crippen molar-refractivity contribution in [3.63, 3.8) is 0 Å². The van der Waals surface area contributed by atoms with Crippen LogP contribution in [0.2, 0.25) is 0 Å². The van der Waals surface area contributed by atoms with E-state index in [9.17, 15) is 9.59 Å². The van der Waals surface area contributed by atoms with E-state index in [-0.39, 0.29) is 18.4 Å². The SMILES string of the molecule is COc1cc(OC)cc(C(=O)N2CCN(C(=O)COc3cc(C)ccc3C(C)C)CC2)c1. The first kappa shape index (κ1) is 23.4. The lowest BCUT2D eigenvalue weighted by Crippen LogP contribution is -2.51. The van der Waals surface area contributed by atoms with Gasteiger partial charge in [-0.05, 0) is 42.2 Å². The topological polar surface area (TPSA) is 68.3 Å². The van der Waals surface area contributed by atoms with Crippen molar-refractivity contribution in [3.05, 3.63) is 53.1 Å². The molecule has 1 heterocycles. The van der Waals surface area contributed by atoms with E-state index in [0.717, 1.165) is 16.9 Å². The van der Waals surface area contributed by atoms with Gasteiger partial charge in [-0.1, -0.05) is 26.0 Å². The summed E-state index contributed by atoms with van der Waals surface area (Å²) in [5, 5.41) is 0. The van der Waals surface area contributed by atoms with Crippen LogP contribution >= 0.6 is 0 Å². The third-order valence-electron chi connectivity index (χ3n) is 5.66. The Hall–Kier alpha value is -3.22. The molecule has 2 amide bonds. The molecular weight excluding hydrogens is 408 g/mol. The number of aryl methyl sites for hydroxylation is 1. The average Bonchev–Trinajstić information content (AvgIpc) is 2.81. The summed E-state index contributed by atoms with van der Waals surface area (Å²) in [4.78, 5) is 29.2. The Kier molecular flexibility index (Phi) is 7.62. The first-order valence-electron chi connectivity index (χ1n) is 10.9. The number of nitrogens with zero attached hydrogens (tertiary/aromatic N) is 2. The normalized spacial score (nSPS) is 13.8. The van der Waals surface area contributed by atoms with Crippen LogP contribution in [0.15, 0.2) is 36.4 Å². The second-order valence-corrected chi connectivity index (χ2v) is 8.26. The minimum absolute atomic E-state index is 0.00972. The zero-order valence-corrected chi connectivity index (χ0v) is 19.5. The molecule has 7 nitrogen and oxygen atoms in total. The van der Waals surface area contributed by atoms with Gasteiger partial charge in [-0.3, -0.25) is 9.59 Å². The Balaban J connectivity index is 1.57. The molecule has 0 aromatic heterocycles. The molecule has 1 saturated heterocycles. The number of ether oxygens (including phenoxy) is 3. The van der Waals surface area contributed by atoms with Crippen LogP contribution in [0.25, 0.3) is 0 Å². The van der Waals surface area contributed by atoms with Gasteiger partial charge in [-0.15, -0.1) is 0 Å². The molecule has 0 N–H and O–H groups in total. The van der Waals surface area contributed by atoms with E-state index in [4.69, 9.17) is 14.2 Å². The molecule has 7 heteroatoms. The van der Waals surface area contributed by atoms with Crippen molar-refractivity contribution < 1.29 is 23.8 Å². The summed E-state index contributed by atoms with van der Waals surface area (Å²) in [5.41, 5.74) is 2.69. The second-order valence-electron chi connectivity index (χ2n) is 8.26. The smallest absolute Gasteiger partial charge is 0.260 e. The van der Waals surface area contributed by atoms with Gasteiger partial charge >= 0.3 is 0 Å². The Bertz CT molecular complexity index is 943. The molecule has 172 valence electrons. The summed E-state index contributed by atoms with van der Waals surface area (Å²) in [6.07, 6.45) is 0. The first-order valence-corrected chi connectivity index (χ1v) is 10.9. The molecule has 1 aliphatic heterocycles. The van der Waals surface area contributed by atoms with Crippen molar-refractivity contribution in [2.45, 2.75) is 26.7 Å². The van der Waals surface area contributed by atoms with Crippen LogP contribution in [0.3, 0.4) is 0 Å². The molecule has 3 rings (SSSR count). The largest absolute Gasteiger partial charge is 0.497 e. The fourth-order valence-electron chi connectivity index (χ4n) is 3.75. The predicted molar refractivity (Wildman–Crippen MR) is 123 cm³/mol. The van der Waals surface area contributed by atoms with Crippen molar-refractivity contribution in [2.75, 3.05) is 47.0 Å². The van der Waals surface area contributed by atoms with Gasteiger partial charge in [-0.2, -0.15) is 0 Å². The van der Waals surface area contributed by atoms with Gasteiger partial charge < -0.3 is 24.0 Å². The number of amides is 2. The van der Waals surface area contributed by atoms with Gasteiger partial charge in [0.2, 0.25) is 0 Å². The second kappa shape index (κ2) is 10.4. The summed E-state index contributed by atoms with van der Waals surface area (Å²) in [5.74, 6) is 2.02. The minimum Gasteiger partial charge on any atom is -0.497 e. The van der Waals surface area contributed by atoms with E-state index in [1.165, 1.54) is 0 Å². The average molecular weight is 441 g/mol. The van der Waals surface area contributed by atoms with Crippen LogP contribution in [-0.4, -0.2) is 68.6 Å². The zero-order chi connectivity index (χ0) is 23.3. The van der Waals surface area contributed by atoms with Crippen molar-refractivity contribution in [2.24, 2.45) is 0 Å². The zero-order valence-electron chi connectivity index (χ0n) is 19.5. The molecular formula is C25H32N2O5. The highest BCUT2D eigenvalue weighted by molar-refractivity contribution is 5.95. The minimum atomic E-state index is -0.105. The van der Waals surface area contributed by atoms with Crippen LogP contribution < -0.4 is 14.2 Å². The number of benzene rings is 2. The lowest BCUT2D eigenvalue weighted by Gasteiger charge is -2.35. The maximum atomic E-state index is 12.9. The first-order chi connectivity index (χ1) is 15.3. The number of hydrogen-bond acceptors (Lipinski definition) is 5. The van der Waals surface area contributed by atoms with E-state index < -0.39 is 0 Å². The van der Waals surface area contributed by atoms with Crippen LogP contribution in [0, 0.1) is 6.92 Å². The van der Waals surface area contributed by atoms with Crippen LogP contribution in [0.1, 0.15) is 41.3 Å². The summed E-state index contributed by atoms with van der Waals surface area (Å²) in [6, 6.07) is 11.2. The van der Waals surface area contributed by atoms with E-state index >= 15 is 0 Å². The van der Waals surface area contributed by atoms with Crippen molar-refractivity contribution in [1.29, 1.82) is 0 Å². The summed E-state index contributed by atoms with van der Waals surface area (Å²) < 4.78 is 16.4. The molecule has 0 unspecified atom stereocenters. The van der Waals surface area contributed by atoms with E-state index in [0.29, 0.717) is 49.2 Å². The number of hydrogen-bond donors (Lipinski definition) is 0. The Morgan fingerprint density at radius 1 is 0.906 bits per heavy atom. The van der Waals surface area contributed by atoms with Crippen molar-refractivity contribution in [3.8, 4) is 17.2 Å². The molecule has 0 spiro atoms. The summed E-state index contributed by atoms with van der Waals surface area (Å²) in [6.45, 7) is 8.08. The molecule has 2 aromatic rings. The molecule has 0 radical (unpaired) electrons. The molecule has 0 saturated carbocycles. The third kappa shape index (κ3) is 5.52. The van der Waals surface area contributed by atoms with Crippen LogP contribution in [-0.2, 0) is 4.79 Å². The molecule has 1 aliphatic rings. The van der Waals surface area contributed by atoms with Crippen molar-refractivity contribution >= 4 is 11.8 Å². The predicted octanol–water partition coefficient (Wildman–Crippen LogP) is 3.50. The molecule has 0 aliphatic carbocycles. The molecule has 1 fully saturated rings. The highest BCUT2D eigenvalue weighted by atomic mass is 16.5. The quantitative estimate of drug-likeness (QED) is 0.659. The fraction of sp³-hybridized carbons (Fsp3) is 0.440. The number of carbonyl (C=O) groups excluding carboxylic acids is 2. The number of piperazine rings is 1. The van der Waals surface area contributed by atoms with Crippen LogP contribution in [0.5, 0.6) is 17.2 Å². The van der Waals surface area contributed by atoms with Gasteiger partial charge in [0.15, 0.2) is 6.61 Å². The van der Waals surface area contributed by atoms with Gasteiger partial charge in [0.05, 0.1) is 14.2 Å². The highest BCUT2D eigenvalue weighted by Crippen LogP contribution is 2.28. The molecule has 0 bridgehead atoms. The van der Waals surface area contributed by atoms with Gasteiger partial charge in [0.25, 0.3) is 11.8 Å². The van der Waals surface area contributed by atoms with Gasteiger partial charge in [0.1, 0.15) is 17.2 Å². The lowest BCUT2D eigenvalue weighted by atomic mass is 10.0. The lowest BCUT2D eigenvalue weighted by molar-refractivity contribution is -0.134. The standard InChI is InChI=1S/C25H32N2O5/c1-17(2)22-7-6-18(3)12-23(22)32-16-24(28)26-8-10-27(11-9-26)25(29)19-13-20(30-4)15-21(14-19)31-5/h6-7,12-15,17H,8-11,16H2,1-5H3. The monoisotopic (exact) mass is 440 g/mol. The number of methoxy groups -OCH3 is 2. The van der Waals surface area contributed by atoms with E-state index in [1.54, 1.807) is 42.2 Å². The third-order valence-corrected chi connectivity index (χ3v) is 5.66. The maximum Gasteiger partial charge on any atom is 0.260 e. The maximum absolute atomic E-state index is 12.9. The Morgan fingerprint density at radius 2 is 1.50 bits per heavy atom. The van der Waals surface area contributed by atoms with E-state index in [1.807, 2.05) is 13.0 Å². The fourth-order valence-corrected chi connectivity index (χ4v) is 3.75. The summed E-state index contributed by atoms with van der Waals surface area (Å²) >= 11 is 0. The number of rotatable bonds is 7. The molecule has 2 aromatic carbocycles. The summed E-state index contributed by atoms with van der Waals surface area (Å²) in [7, 11) is 3.10. The van der Waals surface area contributed by atoms with Crippen molar-refractivity contribution in [1.82, 2.24) is 9.80 Å². The molecule has 0 atom stereocenters. The Morgan fingerprint density at radius 3 is 2.06 bits per heavy atom.